The molecule has 5 nitrogen and oxygen atoms in total. The zero-order valence-corrected chi connectivity index (χ0v) is 17.2. The minimum atomic E-state index is -0.108. The zero-order valence-electron chi connectivity index (χ0n) is 17.2. The molecular formula is C23H32N2O3. The van der Waals surface area contributed by atoms with Crippen molar-refractivity contribution < 1.29 is 14.3 Å². The van der Waals surface area contributed by atoms with Gasteiger partial charge in [0, 0.05) is 17.4 Å². The highest BCUT2D eigenvalue weighted by molar-refractivity contribution is 5.93. The molecule has 2 aromatic carbocycles. The van der Waals surface area contributed by atoms with Gasteiger partial charge in [-0.05, 0) is 55.2 Å². The number of unbranched alkanes of at least 4 members (excludes halogenated alkanes) is 1. The molecule has 152 valence electrons. The molecular weight excluding hydrogens is 352 g/mol. The Labute approximate surface area is 168 Å². The number of anilines is 2. The highest BCUT2D eigenvalue weighted by Gasteiger charge is 2.04. The van der Waals surface area contributed by atoms with Gasteiger partial charge in [-0.2, -0.15) is 0 Å². The molecule has 0 spiro atoms. The topological polar surface area (TPSA) is 59.6 Å². The van der Waals surface area contributed by atoms with Gasteiger partial charge in [-0.25, -0.2) is 0 Å². The first-order valence-electron chi connectivity index (χ1n) is 10.1. The number of ether oxygens (including phenoxy) is 2. The fourth-order valence-electron chi connectivity index (χ4n) is 2.47. The second kappa shape index (κ2) is 11.9. The molecule has 0 unspecified atom stereocenters. The van der Waals surface area contributed by atoms with E-state index in [9.17, 15) is 4.79 Å². The third-order valence-corrected chi connectivity index (χ3v) is 4.16. The van der Waals surface area contributed by atoms with Crippen molar-refractivity contribution in [3.8, 4) is 11.5 Å². The van der Waals surface area contributed by atoms with E-state index >= 15 is 0 Å². The standard InChI is InChI=1S/C23H32N2O3/c1-4-5-14-27-22-8-6-7-20(16-22)25-23(26)17-24-19-9-11-21(12-10-19)28-15-13-18(2)3/h6-12,16,18,24H,4-5,13-15,17H2,1-3H3,(H,25,26). The summed E-state index contributed by atoms with van der Waals surface area (Å²) in [6.45, 7) is 8.07. The van der Waals surface area contributed by atoms with Gasteiger partial charge in [0.2, 0.25) is 5.91 Å². The number of benzene rings is 2. The fourth-order valence-corrected chi connectivity index (χ4v) is 2.47. The molecule has 1 amide bonds. The Hall–Kier alpha value is -2.69. The van der Waals surface area contributed by atoms with Crippen molar-refractivity contribution in [1.82, 2.24) is 0 Å². The summed E-state index contributed by atoms with van der Waals surface area (Å²) in [5.41, 5.74) is 1.61. The van der Waals surface area contributed by atoms with E-state index < -0.39 is 0 Å². The predicted octanol–water partition coefficient (Wildman–Crippen LogP) is 5.34. The van der Waals surface area contributed by atoms with Gasteiger partial charge in [0.1, 0.15) is 11.5 Å². The van der Waals surface area contributed by atoms with E-state index in [0.717, 1.165) is 42.1 Å². The number of hydrogen-bond donors (Lipinski definition) is 2. The van der Waals surface area contributed by atoms with Crippen LogP contribution in [0.5, 0.6) is 11.5 Å². The lowest BCUT2D eigenvalue weighted by atomic mass is 10.1. The van der Waals surface area contributed by atoms with E-state index in [4.69, 9.17) is 9.47 Å². The Morgan fingerprint density at radius 3 is 2.43 bits per heavy atom. The molecule has 0 aliphatic rings. The van der Waals surface area contributed by atoms with Crippen LogP contribution in [0.2, 0.25) is 0 Å². The summed E-state index contributed by atoms with van der Waals surface area (Å²) < 4.78 is 11.4. The van der Waals surface area contributed by atoms with Crippen LogP contribution in [0.15, 0.2) is 48.5 Å². The summed E-state index contributed by atoms with van der Waals surface area (Å²) >= 11 is 0. The summed E-state index contributed by atoms with van der Waals surface area (Å²) in [5, 5.41) is 6.01. The van der Waals surface area contributed by atoms with Crippen molar-refractivity contribution in [3.05, 3.63) is 48.5 Å². The number of carbonyl (C=O) groups is 1. The molecule has 0 atom stereocenters. The monoisotopic (exact) mass is 384 g/mol. The highest BCUT2D eigenvalue weighted by atomic mass is 16.5. The van der Waals surface area contributed by atoms with E-state index in [1.807, 2.05) is 48.5 Å². The van der Waals surface area contributed by atoms with Crippen LogP contribution in [0.4, 0.5) is 11.4 Å². The van der Waals surface area contributed by atoms with E-state index in [1.54, 1.807) is 0 Å². The predicted molar refractivity (Wildman–Crippen MR) is 115 cm³/mol. The van der Waals surface area contributed by atoms with E-state index in [0.29, 0.717) is 19.1 Å². The Bertz CT molecular complexity index is 714. The van der Waals surface area contributed by atoms with Crippen LogP contribution in [0, 0.1) is 5.92 Å². The highest BCUT2D eigenvalue weighted by Crippen LogP contribution is 2.18. The lowest BCUT2D eigenvalue weighted by Gasteiger charge is -2.11. The molecule has 0 saturated heterocycles. The molecule has 5 heteroatoms. The molecule has 28 heavy (non-hydrogen) atoms. The smallest absolute Gasteiger partial charge is 0.243 e. The Morgan fingerprint density at radius 1 is 0.964 bits per heavy atom. The average molecular weight is 385 g/mol. The third-order valence-electron chi connectivity index (χ3n) is 4.16. The molecule has 0 heterocycles. The van der Waals surface area contributed by atoms with Crippen molar-refractivity contribution in [2.45, 2.75) is 40.0 Å². The molecule has 0 aromatic heterocycles. The van der Waals surface area contributed by atoms with Crippen molar-refractivity contribution in [1.29, 1.82) is 0 Å². The van der Waals surface area contributed by atoms with E-state index in [2.05, 4.69) is 31.4 Å². The number of carbonyl (C=O) groups excluding carboxylic acids is 1. The first-order chi connectivity index (χ1) is 13.6. The molecule has 2 rings (SSSR count). The second-order valence-electron chi connectivity index (χ2n) is 7.19. The number of rotatable bonds is 12. The molecule has 0 bridgehead atoms. The van der Waals surface area contributed by atoms with E-state index in [-0.39, 0.29) is 12.5 Å². The van der Waals surface area contributed by atoms with Crippen LogP contribution in [0.1, 0.15) is 40.0 Å². The van der Waals surface area contributed by atoms with Gasteiger partial charge in [0.25, 0.3) is 0 Å². The minimum absolute atomic E-state index is 0.108. The summed E-state index contributed by atoms with van der Waals surface area (Å²) in [6, 6.07) is 15.1. The minimum Gasteiger partial charge on any atom is -0.494 e. The van der Waals surface area contributed by atoms with Crippen molar-refractivity contribution in [2.24, 2.45) is 5.92 Å². The van der Waals surface area contributed by atoms with Crippen LogP contribution in [-0.2, 0) is 4.79 Å². The lowest BCUT2D eigenvalue weighted by molar-refractivity contribution is -0.114. The molecule has 2 aromatic rings. The van der Waals surface area contributed by atoms with Crippen LogP contribution in [0.3, 0.4) is 0 Å². The van der Waals surface area contributed by atoms with Crippen LogP contribution in [-0.4, -0.2) is 25.7 Å². The Balaban J connectivity index is 1.75. The summed E-state index contributed by atoms with van der Waals surface area (Å²) in [7, 11) is 0. The zero-order chi connectivity index (χ0) is 20.2. The molecule has 0 saturated carbocycles. The maximum absolute atomic E-state index is 12.2. The maximum atomic E-state index is 12.2. The summed E-state index contributed by atoms with van der Waals surface area (Å²) in [6.07, 6.45) is 3.14. The van der Waals surface area contributed by atoms with Gasteiger partial charge in [-0.3, -0.25) is 4.79 Å². The van der Waals surface area contributed by atoms with Gasteiger partial charge >= 0.3 is 0 Å². The maximum Gasteiger partial charge on any atom is 0.243 e. The number of nitrogens with one attached hydrogen (secondary N) is 2. The second-order valence-corrected chi connectivity index (χ2v) is 7.19. The third kappa shape index (κ3) is 8.33. The normalized spacial score (nSPS) is 10.6. The van der Waals surface area contributed by atoms with Gasteiger partial charge in [-0.1, -0.05) is 33.3 Å². The SMILES string of the molecule is CCCCOc1cccc(NC(=O)CNc2ccc(OCCC(C)C)cc2)c1. The van der Waals surface area contributed by atoms with Crippen molar-refractivity contribution in [3.63, 3.8) is 0 Å². The van der Waals surface area contributed by atoms with Gasteiger partial charge in [0.05, 0.1) is 19.8 Å². The largest absolute Gasteiger partial charge is 0.494 e. The first-order valence-corrected chi connectivity index (χ1v) is 10.1. The lowest BCUT2D eigenvalue weighted by Crippen LogP contribution is -2.21. The summed E-state index contributed by atoms with van der Waals surface area (Å²) in [5.74, 6) is 2.13. The average Bonchev–Trinajstić information content (AvgIpc) is 2.68. The summed E-state index contributed by atoms with van der Waals surface area (Å²) in [4.78, 5) is 12.2. The number of hydrogen-bond acceptors (Lipinski definition) is 4. The molecule has 0 fully saturated rings. The van der Waals surface area contributed by atoms with Gasteiger partial charge in [-0.15, -0.1) is 0 Å². The van der Waals surface area contributed by atoms with Gasteiger partial charge in [0.15, 0.2) is 0 Å². The first kappa shape index (κ1) is 21.6. The van der Waals surface area contributed by atoms with Crippen LogP contribution in [0.25, 0.3) is 0 Å². The molecule has 2 N–H and O–H groups in total. The van der Waals surface area contributed by atoms with Crippen LogP contribution < -0.4 is 20.1 Å². The number of amides is 1. The molecule has 0 aliphatic carbocycles. The Morgan fingerprint density at radius 2 is 1.71 bits per heavy atom. The van der Waals surface area contributed by atoms with E-state index in [1.165, 1.54) is 0 Å². The fraction of sp³-hybridized carbons (Fsp3) is 0.435. The van der Waals surface area contributed by atoms with Crippen molar-refractivity contribution >= 4 is 17.3 Å². The van der Waals surface area contributed by atoms with Crippen LogP contribution >= 0.6 is 0 Å². The van der Waals surface area contributed by atoms with Gasteiger partial charge < -0.3 is 20.1 Å². The quantitative estimate of drug-likeness (QED) is 0.485. The van der Waals surface area contributed by atoms with Crippen molar-refractivity contribution in [2.75, 3.05) is 30.4 Å². The Kier molecular flexibility index (Phi) is 9.19. The molecule has 0 radical (unpaired) electrons. The molecule has 0 aliphatic heterocycles.